The Morgan fingerprint density at radius 2 is 2.07 bits per heavy atom. The fourth-order valence-electron chi connectivity index (χ4n) is 1.46. The zero-order chi connectivity index (χ0) is 10.8. The summed E-state index contributed by atoms with van der Waals surface area (Å²) in [6, 6.07) is 7.49. The Bertz CT molecular complexity index is 502. The molecule has 0 saturated carbocycles. The minimum atomic E-state index is -0.0411. The van der Waals surface area contributed by atoms with Gasteiger partial charge in [0.2, 0.25) is 5.78 Å². The highest BCUT2D eigenvalue weighted by Crippen LogP contribution is 2.12. The van der Waals surface area contributed by atoms with Gasteiger partial charge in [0.15, 0.2) is 0 Å². The van der Waals surface area contributed by atoms with Gasteiger partial charge in [-0.1, -0.05) is 29.5 Å². The van der Waals surface area contributed by atoms with Gasteiger partial charge in [0, 0.05) is 12.6 Å². The molecular formula is C11H11N3O. The summed E-state index contributed by atoms with van der Waals surface area (Å²) < 4.78 is 1.48. The number of rotatable bonds is 2. The summed E-state index contributed by atoms with van der Waals surface area (Å²) >= 11 is 0. The average molecular weight is 201 g/mol. The molecule has 0 N–H and O–H groups in total. The molecule has 4 heteroatoms. The molecule has 0 saturated heterocycles. The molecule has 2 aromatic rings. The van der Waals surface area contributed by atoms with Crippen LogP contribution < -0.4 is 0 Å². The van der Waals surface area contributed by atoms with Crippen LogP contribution in [0.5, 0.6) is 0 Å². The zero-order valence-corrected chi connectivity index (χ0v) is 8.64. The van der Waals surface area contributed by atoms with Crippen molar-refractivity contribution in [3.63, 3.8) is 0 Å². The second kappa shape index (κ2) is 3.65. The Hall–Kier alpha value is -1.97. The number of ketones is 1. The molecule has 1 heterocycles. The van der Waals surface area contributed by atoms with Gasteiger partial charge in [0.25, 0.3) is 0 Å². The minimum Gasteiger partial charge on any atom is -0.287 e. The van der Waals surface area contributed by atoms with E-state index >= 15 is 0 Å². The number of benzene rings is 1. The van der Waals surface area contributed by atoms with Crippen molar-refractivity contribution < 1.29 is 4.79 Å². The molecule has 0 amide bonds. The third-order valence-corrected chi connectivity index (χ3v) is 2.34. The number of aryl methyl sites for hydroxylation is 2. The first kappa shape index (κ1) is 9.58. The molecule has 2 rings (SSSR count). The maximum absolute atomic E-state index is 12.0. The molecule has 0 aliphatic carbocycles. The minimum absolute atomic E-state index is 0.0411. The lowest BCUT2D eigenvalue weighted by Crippen LogP contribution is -2.09. The SMILES string of the molecule is Cc1ccccc1C(=O)c1cnnn1C. The highest BCUT2D eigenvalue weighted by Gasteiger charge is 2.14. The lowest BCUT2D eigenvalue weighted by Gasteiger charge is -2.03. The lowest BCUT2D eigenvalue weighted by atomic mass is 10.0. The summed E-state index contributed by atoms with van der Waals surface area (Å²) in [4.78, 5) is 12.0. The van der Waals surface area contributed by atoms with Crippen LogP contribution in [0.3, 0.4) is 0 Å². The van der Waals surface area contributed by atoms with Gasteiger partial charge >= 0.3 is 0 Å². The van der Waals surface area contributed by atoms with E-state index in [1.807, 2.05) is 31.2 Å². The first-order valence-corrected chi connectivity index (χ1v) is 4.65. The fourth-order valence-corrected chi connectivity index (χ4v) is 1.46. The van der Waals surface area contributed by atoms with Crippen LogP contribution in [0.4, 0.5) is 0 Å². The second-order valence-corrected chi connectivity index (χ2v) is 3.39. The van der Waals surface area contributed by atoms with E-state index < -0.39 is 0 Å². The first-order valence-electron chi connectivity index (χ1n) is 4.65. The maximum atomic E-state index is 12.0. The van der Waals surface area contributed by atoms with Gasteiger partial charge in [-0.2, -0.15) is 0 Å². The van der Waals surface area contributed by atoms with Crippen LogP contribution in [0.25, 0.3) is 0 Å². The molecule has 76 valence electrons. The van der Waals surface area contributed by atoms with Crippen LogP contribution in [-0.2, 0) is 7.05 Å². The molecule has 4 nitrogen and oxygen atoms in total. The monoisotopic (exact) mass is 201 g/mol. The fraction of sp³-hybridized carbons (Fsp3) is 0.182. The quantitative estimate of drug-likeness (QED) is 0.689. The number of carbonyl (C=O) groups is 1. The van der Waals surface area contributed by atoms with Gasteiger partial charge in [-0.3, -0.25) is 4.79 Å². The molecule has 0 unspecified atom stereocenters. The Morgan fingerprint density at radius 1 is 1.33 bits per heavy atom. The van der Waals surface area contributed by atoms with E-state index in [1.54, 1.807) is 7.05 Å². The van der Waals surface area contributed by atoms with Gasteiger partial charge in [-0.05, 0) is 12.5 Å². The predicted molar refractivity (Wildman–Crippen MR) is 55.6 cm³/mol. The van der Waals surface area contributed by atoms with Crippen molar-refractivity contribution in [2.24, 2.45) is 7.05 Å². The molecule has 1 aromatic carbocycles. The maximum Gasteiger partial charge on any atom is 0.212 e. The Kier molecular flexibility index (Phi) is 2.33. The van der Waals surface area contributed by atoms with Crippen molar-refractivity contribution in [3.05, 3.63) is 47.3 Å². The number of nitrogens with zero attached hydrogens (tertiary/aromatic N) is 3. The van der Waals surface area contributed by atoms with Gasteiger partial charge in [0.05, 0.1) is 6.20 Å². The van der Waals surface area contributed by atoms with Crippen molar-refractivity contribution in [1.29, 1.82) is 0 Å². The van der Waals surface area contributed by atoms with Crippen LogP contribution in [0.1, 0.15) is 21.6 Å². The van der Waals surface area contributed by atoms with E-state index in [0.717, 1.165) is 5.56 Å². The van der Waals surface area contributed by atoms with Gasteiger partial charge in [-0.25, -0.2) is 4.68 Å². The standard InChI is InChI=1S/C11H11N3O/c1-8-5-3-4-6-9(8)11(15)10-7-12-13-14(10)2/h3-7H,1-2H3. The highest BCUT2D eigenvalue weighted by molar-refractivity contribution is 6.08. The average Bonchev–Trinajstić information content (AvgIpc) is 2.64. The van der Waals surface area contributed by atoms with Crippen LogP contribution in [-0.4, -0.2) is 20.8 Å². The molecule has 0 atom stereocenters. The summed E-state index contributed by atoms with van der Waals surface area (Å²) in [6.45, 7) is 1.91. The Labute approximate surface area is 87.5 Å². The van der Waals surface area contributed by atoms with Gasteiger partial charge in [-0.15, -0.1) is 5.10 Å². The summed E-state index contributed by atoms with van der Waals surface area (Å²) in [5.74, 6) is -0.0411. The predicted octanol–water partition coefficient (Wildman–Crippen LogP) is 1.35. The molecule has 15 heavy (non-hydrogen) atoms. The zero-order valence-electron chi connectivity index (χ0n) is 8.64. The molecule has 0 aliphatic heterocycles. The van der Waals surface area contributed by atoms with E-state index in [2.05, 4.69) is 10.3 Å². The van der Waals surface area contributed by atoms with E-state index in [4.69, 9.17) is 0 Å². The summed E-state index contributed by atoms with van der Waals surface area (Å²) in [5, 5.41) is 7.43. The van der Waals surface area contributed by atoms with Crippen molar-refractivity contribution in [1.82, 2.24) is 15.0 Å². The largest absolute Gasteiger partial charge is 0.287 e. The van der Waals surface area contributed by atoms with Crippen molar-refractivity contribution in [2.45, 2.75) is 6.92 Å². The smallest absolute Gasteiger partial charge is 0.212 e. The Balaban J connectivity index is 2.46. The van der Waals surface area contributed by atoms with Crippen molar-refractivity contribution in [3.8, 4) is 0 Å². The highest BCUT2D eigenvalue weighted by atomic mass is 16.1. The number of hydrogen-bond donors (Lipinski definition) is 0. The van der Waals surface area contributed by atoms with Crippen LogP contribution in [0, 0.1) is 6.92 Å². The summed E-state index contributed by atoms with van der Waals surface area (Å²) in [7, 11) is 1.71. The molecule has 1 aromatic heterocycles. The second-order valence-electron chi connectivity index (χ2n) is 3.39. The number of hydrogen-bond acceptors (Lipinski definition) is 3. The van der Waals surface area contributed by atoms with Crippen LogP contribution in [0.15, 0.2) is 30.5 Å². The molecular weight excluding hydrogens is 190 g/mol. The summed E-state index contributed by atoms with van der Waals surface area (Å²) in [5.41, 5.74) is 2.16. The van der Waals surface area contributed by atoms with Gasteiger partial charge in [0.1, 0.15) is 5.69 Å². The molecule has 0 bridgehead atoms. The number of aromatic nitrogens is 3. The molecule has 0 spiro atoms. The number of carbonyl (C=O) groups excluding carboxylic acids is 1. The normalized spacial score (nSPS) is 10.3. The third-order valence-electron chi connectivity index (χ3n) is 2.34. The lowest BCUT2D eigenvalue weighted by molar-refractivity contribution is 0.102. The van der Waals surface area contributed by atoms with E-state index in [1.165, 1.54) is 10.9 Å². The van der Waals surface area contributed by atoms with Crippen molar-refractivity contribution in [2.75, 3.05) is 0 Å². The van der Waals surface area contributed by atoms with E-state index in [-0.39, 0.29) is 5.78 Å². The van der Waals surface area contributed by atoms with E-state index in [9.17, 15) is 4.79 Å². The summed E-state index contributed by atoms with van der Waals surface area (Å²) in [6.07, 6.45) is 1.48. The van der Waals surface area contributed by atoms with Crippen LogP contribution >= 0.6 is 0 Å². The van der Waals surface area contributed by atoms with Crippen LogP contribution in [0.2, 0.25) is 0 Å². The third kappa shape index (κ3) is 1.66. The van der Waals surface area contributed by atoms with Crippen molar-refractivity contribution >= 4 is 5.78 Å². The molecule has 0 aliphatic rings. The molecule has 0 radical (unpaired) electrons. The Morgan fingerprint density at radius 3 is 2.67 bits per heavy atom. The first-order chi connectivity index (χ1) is 7.20. The van der Waals surface area contributed by atoms with Gasteiger partial charge < -0.3 is 0 Å². The topological polar surface area (TPSA) is 47.8 Å². The molecule has 0 fully saturated rings. The van der Waals surface area contributed by atoms with E-state index in [0.29, 0.717) is 11.3 Å².